The second-order valence-electron chi connectivity index (χ2n) is 11.2. The number of fused-ring (bicyclic) bond motifs is 1. The van der Waals surface area contributed by atoms with Gasteiger partial charge in [0.25, 0.3) is 0 Å². The van der Waals surface area contributed by atoms with Crippen LogP contribution in [0.2, 0.25) is 0 Å². The number of hydrogen-bond acceptors (Lipinski definition) is 11. The van der Waals surface area contributed by atoms with Crippen molar-refractivity contribution in [2.24, 2.45) is 0 Å². The Labute approximate surface area is 296 Å². The Bertz CT molecular complexity index is 2000. The maximum absolute atomic E-state index is 14.4. The number of aliphatic hydroxyl groups is 2. The lowest BCUT2D eigenvalue weighted by atomic mass is 9.92. The van der Waals surface area contributed by atoms with E-state index in [1.807, 2.05) is 53.4 Å². The summed E-state index contributed by atoms with van der Waals surface area (Å²) in [4.78, 5) is 2.82. The molecule has 2 aliphatic heterocycles. The molecule has 1 aromatic heterocycles. The number of thiophene rings is 1. The van der Waals surface area contributed by atoms with Crippen molar-refractivity contribution in [2.45, 2.75) is 25.3 Å². The van der Waals surface area contributed by atoms with E-state index in [4.69, 9.17) is 18.9 Å². The molecular formula is C37H31F3N4O6S. The molecule has 10 nitrogen and oxygen atoms in total. The third-order valence-electron chi connectivity index (χ3n) is 8.02. The number of benzene rings is 2. The molecule has 3 heterocycles. The van der Waals surface area contributed by atoms with Gasteiger partial charge in [0.2, 0.25) is 5.60 Å². The van der Waals surface area contributed by atoms with E-state index in [2.05, 4.69) is 0 Å². The maximum Gasteiger partial charge on any atom is 0.432 e. The number of hydrogen-bond donors (Lipinski definition) is 2. The van der Waals surface area contributed by atoms with E-state index >= 15 is 0 Å². The summed E-state index contributed by atoms with van der Waals surface area (Å²) in [5.41, 5.74) is -2.53. The van der Waals surface area contributed by atoms with Crippen LogP contribution < -0.4 is 19.1 Å². The maximum atomic E-state index is 14.4. The van der Waals surface area contributed by atoms with Crippen LogP contribution in [0.5, 0.6) is 17.2 Å². The van der Waals surface area contributed by atoms with Crippen molar-refractivity contribution in [1.82, 2.24) is 0 Å². The molecule has 0 amide bonds. The van der Waals surface area contributed by atoms with Gasteiger partial charge in [-0.1, -0.05) is 36.4 Å². The molecule has 1 unspecified atom stereocenters. The lowest BCUT2D eigenvalue weighted by Gasteiger charge is -2.28. The molecule has 0 bridgehead atoms. The first-order chi connectivity index (χ1) is 24.6. The average Bonchev–Trinajstić information content (AvgIpc) is 3.64. The summed E-state index contributed by atoms with van der Waals surface area (Å²) in [5.74, 6) is 0.484. The Kier molecular flexibility index (Phi) is 11.4. The van der Waals surface area contributed by atoms with Crippen LogP contribution >= 0.6 is 11.3 Å². The van der Waals surface area contributed by atoms with E-state index in [0.717, 1.165) is 24.3 Å². The van der Waals surface area contributed by atoms with Crippen molar-refractivity contribution in [3.05, 3.63) is 98.0 Å². The average molecular weight is 717 g/mol. The SMILES string of the molecule is CC1(C(F)(F)F)OC(=C(C#N)C#N)C(C#N)=C1/C=C/c1sc(/C=C/c2ccc(N(CCO)CCO)cc2OCc2ccccc2)c2c1OCCO2. The van der Waals surface area contributed by atoms with E-state index in [1.54, 1.807) is 18.2 Å². The molecule has 5 rings (SSSR count). The molecule has 262 valence electrons. The molecule has 2 aliphatic rings. The molecule has 0 aliphatic carbocycles. The second kappa shape index (κ2) is 15.9. The second-order valence-corrected chi connectivity index (χ2v) is 12.3. The van der Waals surface area contributed by atoms with Crippen molar-refractivity contribution < 1.29 is 42.3 Å². The van der Waals surface area contributed by atoms with Crippen molar-refractivity contribution >= 4 is 35.3 Å². The lowest BCUT2D eigenvalue weighted by Crippen LogP contribution is -2.43. The summed E-state index contributed by atoms with van der Waals surface area (Å²) < 4.78 is 66.3. The number of alkyl halides is 3. The summed E-state index contributed by atoms with van der Waals surface area (Å²) in [7, 11) is 0. The predicted octanol–water partition coefficient (Wildman–Crippen LogP) is 6.55. The minimum absolute atomic E-state index is 0.111. The molecule has 2 aromatic carbocycles. The number of allylic oxidation sites excluding steroid dienone is 2. The smallest absolute Gasteiger partial charge is 0.432 e. The topological polar surface area (TPSA) is 152 Å². The number of rotatable bonds is 12. The number of nitriles is 3. The Morgan fingerprint density at radius 1 is 0.941 bits per heavy atom. The number of nitrogens with zero attached hydrogens (tertiary/aromatic N) is 4. The Morgan fingerprint density at radius 3 is 2.14 bits per heavy atom. The predicted molar refractivity (Wildman–Crippen MR) is 183 cm³/mol. The van der Waals surface area contributed by atoms with Crippen LogP contribution in [0.4, 0.5) is 18.9 Å². The highest BCUT2D eigenvalue weighted by atomic mass is 32.1. The molecule has 0 saturated carbocycles. The van der Waals surface area contributed by atoms with Gasteiger partial charge in [-0.25, -0.2) is 0 Å². The number of anilines is 1. The minimum atomic E-state index is -5.00. The van der Waals surface area contributed by atoms with Crippen LogP contribution in [0.15, 0.2) is 77.1 Å². The largest absolute Gasteiger partial charge is 0.488 e. The molecule has 0 saturated heterocycles. The van der Waals surface area contributed by atoms with Gasteiger partial charge < -0.3 is 34.1 Å². The van der Waals surface area contributed by atoms with Crippen molar-refractivity contribution in [2.75, 3.05) is 44.4 Å². The number of aliphatic hydroxyl groups excluding tert-OH is 2. The summed E-state index contributed by atoms with van der Waals surface area (Å²) in [6.45, 7) is 1.83. The third-order valence-corrected chi connectivity index (χ3v) is 9.11. The highest BCUT2D eigenvalue weighted by Crippen LogP contribution is 2.51. The normalized spacial score (nSPS) is 16.9. The molecule has 2 N–H and O–H groups in total. The fourth-order valence-corrected chi connectivity index (χ4v) is 6.40. The lowest BCUT2D eigenvalue weighted by molar-refractivity contribution is -0.236. The fourth-order valence-electron chi connectivity index (χ4n) is 5.41. The van der Waals surface area contributed by atoms with Gasteiger partial charge in [0, 0.05) is 36.0 Å². The highest BCUT2D eigenvalue weighted by molar-refractivity contribution is 7.14. The van der Waals surface area contributed by atoms with Gasteiger partial charge in [0.15, 0.2) is 22.8 Å². The summed E-state index contributed by atoms with van der Waals surface area (Å²) in [6, 6.07) is 19.7. The standard InChI is InChI=1S/C37H31F3N4O6S/c1-36(37(38,39)40)29(28(22-43)33(50-36)26(20-41)21-42)10-12-32-35-34(47-17-18-48-35)31(51-32)11-8-25-7-9-27(44(13-15-45)14-16-46)19-30(25)49-23-24-5-3-2-4-6-24/h2-12,19,45-46H,13-18,23H2,1H3/b11-8+,12-10+. The van der Waals surface area contributed by atoms with Crippen LogP contribution in [0.25, 0.3) is 18.2 Å². The van der Waals surface area contributed by atoms with E-state index in [1.165, 1.54) is 29.6 Å². The zero-order valence-corrected chi connectivity index (χ0v) is 28.1. The van der Waals surface area contributed by atoms with Crippen LogP contribution in [0, 0.1) is 34.0 Å². The van der Waals surface area contributed by atoms with E-state index in [0.29, 0.717) is 45.7 Å². The van der Waals surface area contributed by atoms with Gasteiger partial charge in [-0.05, 0) is 42.8 Å². The van der Waals surface area contributed by atoms with Crippen LogP contribution in [-0.2, 0) is 11.3 Å². The van der Waals surface area contributed by atoms with Crippen LogP contribution in [0.3, 0.4) is 0 Å². The zero-order valence-electron chi connectivity index (χ0n) is 27.2. The Morgan fingerprint density at radius 2 is 1.57 bits per heavy atom. The summed E-state index contributed by atoms with van der Waals surface area (Å²) in [5, 5.41) is 47.6. The Hall–Kier alpha value is -5.72. The highest BCUT2D eigenvalue weighted by Gasteiger charge is 2.60. The molecule has 51 heavy (non-hydrogen) atoms. The molecule has 3 aromatic rings. The third kappa shape index (κ3) is 7.72. The Balaban J connectivity index is 1.54. The molecule has 0 radical (unpaired) electrons. The monoisotopic (exact) mass is 716 g/mol. The number of halogens is 3. The van der Waals surface area contributed by atoms with Gasteiger partial charge in [-0.3, -0.25) is 0 Å². The van der Waals surface area contributed by atoms with E-state index in [9.17, 15) is 39.2 Å². The van der Waals surface area contributed by atoms with E-state index in [-0.39, 0.29) is 33.0 Å². The first kappa shape index (κ1) is 36.6. The summed E-state index contributed by atoms with van der Waals surface area (Å²) >= 11 is 1.18. The van der Waals surface area contributed by atoms with Crippen molar-refractivity contribution in [3.8, 4) is 35.5 Å². The van der Waals surface area contributed by atoms with Crippen molar-refractivity contribution in [1.29, 1.82) is 15.8 Å². The molecule has 14 heteroatoms. The number of ether oxygens (including phenoxy) is 4. The molecular weight excluding hydrogens is 685 g/mol. The van der Waals surface area contributed by atoms with Crippen LogP contribution in [-0.4, -0.2) is 61.5 Å². The first-order valence-electron chi connectivity index (χ1n) is 15.6. The summed E-state index contributed by atoms with van der Waals surface area (Å²) in [6.07, 6.45) is 1.01. The molecule has 1 atom stereocenters. The van der Waals surface area contributed by atoms with Gasteiger partial charge in [-0.2, -0.15) is 29.0 Å². The van der Waals surface area contributed by atoms with Gasteiger partial charge in [0.1, 0.15) is 49.4 Å². The van der Waals surface area contributed by atoms with Crippen molar-refractivity contribution in [3.63, 3.8) is 0 Å². The zero-order chi connectivity index (χ0) is 36.6. The molecule has 0 spiro atoms. The minimum Gasteiger partial charge on any atom is -0.488 e. The van der Waals surface area contributed by atoms with Gasteiger partial charge in [-0.15, -0.1) is 11.3 Å². The van der Waals surface area contributed by atoms with Gasteiger partial charge >= 0.3 is 6.18 Å². The fraction of sp³-hybridized carbons (Fsp3) is 0.270. The quantitative estimate of drug-likeness (QED) is 0.198. The van der Waals surface area contributed by atoms with Gasteiger partial charge in [0.05, 0.1) is 23.0 Å². The van der Waals surface area contributed by atoms with Crippen LogP contribution in [0.1, 0.15) is 27.8 Å². The first-order valence-corrected chi connectivity index (χ1v) is 16.4. The van der Waals surface area contributed by atoms with E-state index < -0.39 is 34.3 Å². The molecule has 0 fully saturated rings.